The lowest BCUT2D eigenvalue weighted by Gasteiger charge is -2.07. The molecule has 0 amide bonds. The summed E-state index contributed by atoms with van der Waals surface area (Å²) in [6, 6.07) is 5.95. The topological polar surface area (TPSA) is 26.0 Å². The minimum Gasteiger partial charge on any atom is -0.398 e. The summed E-state index contributed by atoms with van der Waals surface area (Å²) in [4.78, 5) is 0. The predicted molar refractivity (Wildman–Crippen MR) is 64.0 cm³/mol. The summed E-state index contributed by atoms with van der Waals surface area (Å²) in [6.45, 7) is 9.46. The van der Waals surface area contributed by atoms with Gasteiger partial charge in [-0.1, -0.05) is 43.0 Å². The van der Waals surface area contributed by atoms with E-state index >= 15 is 0 Å². The van der Waals surface area contributed by atoms with Gasteiger partial charge in [0.2, 0.25) is 0 Å². The Morgan fingerprint density at radius 2 is 2.07 bits per heavy atom. The highest BCUT2D eigenvalue weighted by Gasteiger charge is 2.01. The largest absolute Gasteiger partial charge is 0.398 e. The highest BCUT2D eigenvalue weighted by atomic mass is 14.6. The van der Waals surface area contributed by atoms with Gasteiger partial charge in [-0.3, -0.25) is 0 Å². The third-order valence-electron chi connectivity index (χ3n) is 2.04. The Morgan fingerprint density at radius 1 is 1.36 bits per heavy atom. The number of aryl methyl sites for hydroxylation is 1. The minimum atomic E-state index is 0.767. The van der Waals surface area contributed by atoms with Crippen LogP contribution >= 0.6 is 0 Å². The molecule has 0 radical (unpaired) electrons. The average molecular weight is 185 g/mol. The number of hydrogen-bond acceptors (Lipinski definition) is 1. The van der Waals surface area contributed by atoms with E-state index in [4.69, 9.17) is 5.73 Å². The van der Waals surface area contributed by atoms with Gasteiger partial charge in [0.25, 0.3) is 0 Å². The molecule has 1 heteroatoms. The Labute approximate surface area is 85.3 Å². The zero-order valence-electron chi connectivity index (χ0n) is 8.46. The first-order valence-corrected chi connectivity index (χ1v) is 4.50. The Hall–Kier alpha value is -1.76. The summed E-state index contributed by atoms with van der Waals surface area (Å²) in [5.41, 5.74) is 9.84. The number of benzene rings is 1. The van der Waals surface area contributed by atoms with Crippen molar-refractivity contribution in [2.45, 2.75) is 6.92 Å². The molecule has 0 aliphatic carbocycles. The molecule has 0 spiro atoms. The first-order chi connectivity index (χ1) is 6.69. The Kier molecular flexibility index (Phi) is 3.29. The van der Waals surface area contributed by atoms with E-state index in [2.05, 4.69) is 13.2 Å². The van der Waals surface area contributed by atoms with Crippen LogP contribution in [-0.4, -0.2) is 0 Å². The highest BCUT2D eigenvalue weighted by molar-refractivity contribution is 5.81. The molecule has 0 atom stereocenters. The number of hydrogen-bond donors (Lipinski definition) is 1. The molecule has 72 valence electrons. The number of anilines is 1. The molecule has 0 aromatic heterocycles. The van der Waals surface area contributed by atoms with Gasteiger partial charge < -0.3 is 5.73 Å². The minimum absolute atomic E-state index is 0.767. The Bertz CT molecular complexity index is 386. The zero-order chi connectivity index (χ0) is 10.6. The Balaban J connectivity index is 3.28. The molecule has 0 unspecified atom stereocenters. The fourth-order valence-corrected chi connectivity index (χ4v) is 1.31. The molecule has 0 saturated carbocycles. The maximum Gasteiger partial charge on any atom is 0.0393 e. The maximum absolute atomic E-state index is 5.87. The first-order valence-electron chi connectivity index (χ1n) is 4.50. The lowest BCUT2D eigenvalue weighted by atomic mass is 10.0. The van der Waals surface area contributed by atoms with Gasteiger partial charge in [-0.15, -0.1) is 0 Å². The molecule has 0 saturated heterocycles. The number of rotatable bonds is 3. The molecule has 14 heavy (non-hydrogen) atoms. The molecule has 0 heterocycles. The van der Waals surface area contributed by atoms with E-state index in [0.29, 0.717) is 0 Å². The lowest BCUT2D eigenvalue weighted by molar-refractivity contribution is 1.45. The van der Waals surface area contributed by atoms with E-state index < -0.39 is 0 Å². The van der Waals surface area contributed by atoms with E-state index in [1.165, 1.54) is 5.56 Å². The molecular formula is C13H15N. The first kappa shape index (κ1) is 10.3. The van der Waals surface area contributed by atoms with Crippen LogP contribution in [0.25, 0.3) is 5.57 Å². The van der Waals surface area contributed by atoms with Crippen LogP contribution in [0.1, 0.15) is 11.1 Å². The molecule has 0 aliphatic rings. The standard InChI is InChI=1S/C13H15N/c1-4-6-11(5-2)12-9-10(3)7-8-13(12)14/h4-9H,1-2,14H2,3H3/b11-6+. The van der Waals surface area contributed by atoms with Crippen LogP contribution in [0.3, 0.4) is 0 Å². The fraction of sp³-hybridized carbons (Fsp3) is 0.0769. The monoisotopic (exact) mass is 185 g/mol. The van der Waals surface area contributed by atoms with E-state index in [9.17, 15) is 0 Å². The van der Waals surface area contributed by atoms with Gasteiger partial charge >= 0.3 is 0 Å². The van der Waals surface area contributed by atoms with Gasteiger partial charge in [-0.25, -0.2) is 0 Å². The van der Waals surface area contributed by atoms with Crippen molar-refractivity contribution in [3.8, 4) is 0 Å². The highest BCUT2D eigenvalue weighted by Crippen LogP contribution is 2.23. The average Bonchev–Trinajstić information content (AvgIpc) is 2.18. The second kappa shape index (κ2) is 4.47. The number of allylic oxidation sites excluding steroid dienone is 4. The second-order valence-electron chi connectivity index (χ2n) is 3.15. The summed E-state index contributed by atoms with van der Waals surface area (Å²) in [5.74, 6) is 0. The summed E-state index contributed by atoms with van der Waals surface area (Å²) in [5, 5.41) is 0. The summed E-state index contributed by atoms with van der Waals surface area (Å²) in [6.07, 6.45) is 5.42. The molecule has 1 aromatic carbocycles. The zero-order valence-corrected chi connectivity index (χ0v) is 8.46. The normalized spacial score (nSPS) is 11.1. The quantitative estimate of drug-likeness (QED) is 0.567. The van der Waals surface area contributed by atoms with Crippen LogP contribution in [0, 0.1) is 6.92 Å². The van der Waals surface area contributed by atoms with Crippen LogP contribution < -0.4 is 5.73 Å². The van der Waals surface area contributed by atoms with Gasteiger partial charge in [-0.05, 0) is 24.6 Å². The van der Waals surface area contributed by atoms with Crippen molar-refractivity contribution in [2.75, 3.05) is 5.73 Å². The van der Waals surface area contributed by atoms with Gasteiger partial charge in [0.05, 0.1) is 0 Å². The molecule has 0 bridgehead atoms. The molecule has 1 rings (SSSR count). The van der Waals surface area contributed by atoms with Gasteiger partial charge in [0.1, 0.15) is 0 Å². The van der Waals surface area contributed by atoms with Crippen LogP contribution in [0.15, 0.2) is 49.6 Å². The van der Waals surface area contributed by atoms with Crippen LogP contribution in [0.5, 0.6) is 0 Å². The van der Waals surface area contributed by atoms with E-state index in [0.717, 1.165) is 16.8 Å². The second-order valence-corrected chi connectivity index (χ2v) is 3.15. The van der Waals surface area contributed by atoms with E-state index in [1.807, 2.05) is 31.2 Å². The SMILES string of the molecule is C=C/C=C(\C=C)c1cc(C)ccc1N. The molecule has 2 N–H and O–H groups in total. The lowest BCUT2D eigenvalue weighted by Crippen LogP contribution is -1.93. The third-order valence-corrected chi connectivity index (χ3v) is 2.04. The van der Waals surface area contributed by atoms with Crippen molar-refractivity contribution in [2.24, 2.45) is 0 Å². The van der Waals surface area contributed by atoms with Gasteiger partial charge in [0, 0.05) is 11.3 Å². The van der Waals surface area contributed by atoms with Crippen LogP contribution in [-0.2, 0) is 0 Å². The van der Waals surface area contributed by atoms with E-state index in [-0.39, 0.29) is 0 Å². The fourth-order valence-electron chi connectivity index (χ4n) is 1.31. The van der Waals surface area contributed by atoms with Gasteiger partial charge in [0.15, 0.2) is 0 Å². The van der Waals surface area contributed by atoms with Crippen molar-refractivity contribution in [3.05, 3.63) is 60.7 Å². The Morgan fingerprint density at radius 3 is 2.64 bits per heavy atom. The summed E-state index contributed by atoms with van der Waals surface area (Å²) < 4.78 is 0. The van der Waals surface area contributed by atoms with Crippen molar-refractivity contribution in [1.29, 1.82) is 0 Å². The van der Waals surface area contributed by atoms with Crippen molar-refractivity contribution >= 4 is 11.3 Å². The molecular weight excluding hydrogens is 170 g/mol. The van der Waals surface area contributed by atoms with Crippen molar-refractivity contribution in [3.63, 3.8) is 0 Å². The van der Waals surface area contributed by atoms with Crippen LogP contribution in [0.4, 0.5) is 5.69 Å². The molecule has 0 aliphatic heterocycles. The smallest absolute Gasteiger partial charge is 0.0393 e. The molecule has 1 nitrogen and oxygen atoms in total. The summed E-state index contributed by atoms with van der Waals surface area (Å²) in [7, 11) is 0. The van der Waals surface area contributed by atoms with Crippen LogP contribution in [0.2, 0.25) is 0 Å². The van der Waals surface area contributed by atoms with E-state index in [1.54, 1.807) is 12.2 Å². The third kappa shape index (κ3) is 2.13. The predicted octanol–water partition coefficient (Wildman–Crippen LogP) is 3.33. The molecule has 1 aromatic rings. The van der Waals surface area contributed by atoms with Crippen molar-refractivity contribution in [1.82, 2.24) is 0 Å². The number of nitrogen functional groups attached to an aromatic ring is 1. The van der Waals surface area contributed by atoms with Gasteiger partial charge in [-0.2, -0.15) is 0 Å². The molecule has 0 fully saturated rings. The maximum atomic E-state index is 5.87. The van der Waals surface area contributed by atoms with Crippen molar-refractivity contribution < 1.29 is 0 Å². The summed E-state index contributed by atoms with van der Waals surface area (Å²) >= 11 is 0. The number of nitrogens with two attached hydrogens (primary N) is 1.